The zero-order valence-corrected chi connectivity index (χ0v) is 9.26. The molecular formula is C10H16N2O4. The van der Waals surface area contributed by atoms with Gasteiger partial charge in [-0.3, -0.25) is 14.4 Å². The van der Waals surface area contributed by atoms with Crippen LogP contribution < -0.4 is 0 Å². The molecule has 16 heavy (non-hydrogen) atoms. The summed E-state index contributed by atoms with van der Waals surface area (Å²) in [5.41, 5.74) is 0. The lowest BCUT2D eigenvalue weighted by molar-refractivity contribution is -0.145. The molecular weight excluding hydrogens is 212 g/mol. The van der Waals surface area contributed by atoms with Crippen molar-refractivity contribution in [3.05, 3.63) is 0 Å². The third-order valence-electron chi connectivity index (χ3n) is 2.68. The van der Waals surface area contributed by atoms with Gasteiger partial charge in [-0.2, -0.15) is 0 Å². The van der Waals surface area contributed by atoms with E-state index in [4.69, 9.17) is 5.11 Å². The molecule has 1 rings (SSSR count). The summed E-state index contributed by atoms with van der Waals surface area (Å²) in [6.45, 7) is 3.63. The second-order valence-electron chi connectivity index (χ2n) is 3.97. The van der Waals surface area contributed by atoms with Crippen LogP contribution in [0, 0.1) is 5.92 Å². The van der Waals surface area contributed by atoms with Gasteiger partial charge < -0.3 is 14.9 Å². The van der Waals surface area contributed by atoms with Crippen LogP contribution in [0.3, 0.4) is 0 Å². The van der Waals surface area contributed by atoms with Crippen molar-refractivity contribution in [3.8, 4) is 0 Å². The van der Waals surface area contributed by atoms with Crippen LogP contribution in [-0.4, -0.2) is 59.4 Å². The summed E-state index contributed by atoms with van der Waals surface area (Å²) in [6, 6.07) is 0. The summed E-state index contributed by atoms with van der Waals surface area (Å²) in [6.07, 6.45) is 0.620. The van der Waals surface area contributed by atoms with Crippen molar-refractivity contribution < 1.29 is 19.5 Å². The van der Waals surface area contributed by atoms with Crippen molar-refractivity contribution in [2.24, 2.45) is 5.92 Å². The Bertz CT molecular complexity index is 285. The van der Waals surface area contributed by atoms with Crippen molar-refractivity contribution in [3.63, 3.8) is 0 Å². The van der Waals surface area contributed by atoms with E-state index in [1.54, 1.807) is 16.7 Å². The minimum atomic E-state index is -0.965. The quantitative estimate of drug-likeness (QED) is 0.652. The molecule has 1 fully saturated rings. The zero-order valence-electron chi connectivity index (χ0n) is 9.26. The first-order chi connectivity index (χ1) is 7.54. The Morgan fingerprint density at radius 1 is 1.31 bits per heavy atom. The van der Waals surface area contributed by atoms with E-state index in [1.165, 1.54) is 0 Å². The molecule has 90 valence electrons. The highest BCUT2D eigenvalue weighted by molar-refractivity contribution is 5.83. The molecule has 1 aliphatic heterocycles. The van der Waals surface area contributed by atoms with Crippen molar-refractivity contribution >= 4 is 18.3 Å². The Balaban J connectivity index is 2.43. The monoisotopic (exact) mass is 228 g/mol. The second kappa shape index (κ2) is 5.48. The SMILES string of the molecule is CC(CC(=O)O)C(=O)N1CCN(C=O)CC1. The summed E-state index contributed by atoms with van der Waals surface area (Å²) < 4.78 is 0. The molecule has 1 saturated heterocycles. The summed E-state index contributed by atoms with van der Waals surface area (Å²) in [5, 5.41) is 8.59. The first-order valence-corrected chi connectivity index (χ1v) is 5.24. The number of hydrogen-bond donors (Lipinski definition) is 1. The molecule has 1 aliphatic rings. The smallest absolute Gasteiger partial charge is 0.304 e. The van der Waals surface area contributed by atoms with Gasteiger partial charge in [-0.25, -0.2) is 0 Å². The number of piperazine rings is 1. The van der Waals surface area contributed by atoms with Gasteiger partial charge >= 0.3 is 5.97 Å². The van der Waals surface area contributed by atoms with Gasteiger partial charge in [-0.1, -0.05) is 6.92 Å². The Labute approximate surface area is 93.8 Å². The number of amides is 2. The van der Waals surface area contributed by atoms with Gasteiger partial charge in [0.05, 0.1) is 6.42 Å². The van der Waals surface area contributed by atoms with Crippen LogP contribution in [0.2, 0.25) is 0 Å². The molecule has 2 amide bonds. The molecule has 1 unspecified atom stereocenters. The Morgan fingerprint density at radius 2 is 1.88 bits per heavy atom. The molecule has 0 aromatic heterocycles. The van der Waals surface area contributed by atoms with E-state index in [0.717, 1.165) is 6.41 Å². The van der Waals surface area contributed by atoms with Crippen molar-refractivity contribution in [2.45, 2.75) is 13.3 Å². The van der Waals surface area contributed by atoms with Crippen LogP contribution in [0.1, 0.15) is 13.3 Å². The highest BCUT2D eigenvalue weighted by Gasteiger charge is 2.25. The Hall–Kier alpha value is -1.59. The van der Waals surface area contributed by atoms with Gasteiger partial charge in [0, 0.05) is 32.1 Å². The Morgan fingerprint density at radius 3 is 2.31 bits per heavy atom. The maximum absolute atomic E-state index is 11.8. The number of carboxylic acids is 1. The van der Waals surface area contributed by atoms with E-state index < -0.39 is 11.9 Å². The van der Waals surface area contributed by atoms with Gasteiger partial charge in [-0.15, -0.1) is 0 Å². The van der Waals surface area contributed by atoms with Crippen molar-refractivity contribution in [2.75, 3.05) is 26.2 Å². The van der Waals surface area contributed by atoms with Gasteiger partial charge in [-0.05, 0) is 0 Å². The standard InChI is InChI=1S/C10H16N2O4/c1-8(6-9(14)15)10(16)12-4-2-11(7-13)3-5-12/h7-8H,2-6H2,1H3,(H,14,15). The fourth-order valence-corrected chi connectivity index (χ4v) is 1.71. The minimum Gasteiger partial charge on any atom is -0.481 e. The largest absolute Gasteiger partial charge is 0.481 e. The topological polar surface area (TPSA) is 77.9 Å². The lowest BCUT2D eigenvalue weighted by Gasteiger charge is -2.33. The average molecular weight is 228 g/mol. The summed E-state index contributed by atoms with van der Waals surface area (Å²) >= 11 is 0. The number of nitrogens with zero attached hydrogens (tertiary/aromatic N) is 2. The highest BCUT2D eigenvalue weighted by Crippen LogP contribution is 2.09. The van der Waals surface area contributed by atoms with Crippen molar-refractivity contribution in [1.82, 2.24) is 9.80 Å². The number of carbonyl (C=O) groups is 3. The number of rotatable bonds is 4. The van der Waals surface area contributed by atoms with Crippen LogP contribution in [0.25, 0.3) is 0 Å². The molecule has 1 heterocycles. The molecule has 1 atom stereocenters. The Kier molecular flexibility index (Phi) is 4.28. The molecule has 1 N–H and O–H groups in total. The van der Waals surface area contributed by atoms with E-state index in [2.05, 4.69) is 0 Å². The van der Waals surface area contributed by atoms with E-state index in [1.807, 2.05) is 0 Å². The predicted molar refractivity (Wildman–Crippen MR) is 55.6 cm³/mol. The minimum absolute atomic E-state index is 0.145. The van der Waals surface area contributed by atoms with E-state index in [-0.39, 0.29) is 12.3 Å². The first kappa shape index (κ1) is 12.5. The third kappa shape index (κ3) is 3.22. The number of carboxylic acid groups (broad SMARTS) is 1. The third-order valence-corrected chi connectivity index (χ3v) is 2.68. The predicted octanol–water partition coefficient (Wildman–Crippen LogP) is -0.602. The number of aliphatic carboxylic acids is 1. The fraction of sp³-hybridized carbons (Fsp3) is 0.700. The average Bonchev–Trinajstić information content (AvgIpc) is 2.27. The molecule has 0 spiro atoms. The number of carbonyl (C=O) groups excluding carboxylic acids is 2. The van der Waals surface area contributed by atoms with Gasteiger partial charge in [0.1, 0.15) is 0 Å². The van der Waals surface area contributed by atoms with Crippen LogP contribution in [0.4, 0.5) is 0 Å². The fourth-order valence-electron chi connectivity index (χ4n) is 1.71. The molecule has 0 saturated carbocycles. The molecule has 0 radical (unpaired) electrons. The molecule has 6 heteroatoms. The molecule has 6 nitrogen and oxygen atoms in total. The van der Waals surface area contributed by atoms with Gasteiger partial charge in [0.25, 0.3) is 0 Å². The zero-order chi connectivity index (χ0) is 12.1. The molecule has 0 bridgehead atoms. The summed E-state index contributed by atoms with van der Waals surface area (Å²) in [5.74, 6) is -1.61. The van der Waals surface area contributed by atoms with E-state index in [9.17, 15) is 14.4 Å². The van der Waals surface area contributed by atoms with E-state index >= 15 is 0 Å². The molecule has 0 aliphatic carbocycles. The maximum Gasteiger partial charge on any atom is 0.304 e. The second-order valence-corrected chi connectivity index (χ2v) is 3.97. The van der Waals surface area contributed by atoms with Crippen LogP contribution >= 0.6 is 0 Å². The van der Waals surface area contributed by atoms with Crippen LogP contribution in [0.15, 0.2) is 0 Å². The molecule has 0 aromatic rings. The highest BCUT2D eigenvalue weighted by atomic mass is 16.4. The van der Waals surface area contributed by atoms with Crippen LogP contribution in [0.5, 0.6) is 0 Å². The summed E-state index contributed by atoms with van der Waals surface area (Å²) in [7, 11) is 0. The normalized spacial score (nSPS) is 18.1. The van der Waals surface area contributed by atoms with E-state index in [0.29, 0.717) is 26.2 Å². The number of hydrogen-bond acceptors (Lipinski definition) is 3. The first-order valence-electron chi connectivity index (χ1n) is 5.24. The lowest BCUT2D eigenvalue weighted by Crippen LogP contribution is -2.49. The lowest BCUT2D eigenvalue weighted by atomic mass is 10.1. The van der Waals surface area contributed by atoms with Crippen LogP contribution in [-0.2, 0) is 14.4 Å². The van der Waals surface area contributed by atoms with Gasteiger partial charge in [0.15, 0.2) is 0 Å². The van der Waals surface area contributed by atoms with Gasteiger partial charge in [0.2, 0.25) is 12.3 Å². The van der Waals surface area contributed by atoms with Crippen molar-refractivity contribution in [1.29, 1.82) is 0 Å². The summed E-state index contributed by atoms with van der Waals surface area (Å²) in [4.78, 5) is 35.9. The molecule has 0 aromatic carbocycles. The maximum atomic E-state index is 11.8.